The van der Waals surface area contributed by atoms with E-state index in [1.54, 1.807) is 5.51 Å². The van der Waals surface area contributed by atoms with E-state index in [1.807, 2.05) is 10.3 Å². The molecular weight excluding hydrogens is 270 g/mol. The maximum absolute atomic E-state index is 12.3. The van der Waals surface area contributed by atoms with Crippen LogP contribution in [-0.4, -0.2) is 52.9 Å². The molecule has 2 aliphatic heterocycles. The summed E-state index contributed by atoms with van der Waals surface area (Å²) in [5.41, 5.74) is 2.36. The Morgan fingerprint density at radius 1 is 1.30 bits per heavy atom. The Morgan fingerprint density at radius 2 is 2.15 bits per heavy atom. The van der Waals surface area contributed by atoms with Gasteiger partial charge < -0.3 is 4.90 Å². The third-order valence-electron chi connectivity index (χ3n) is 5.25. The van der Waals surface area contributed by atoms with Gasteiger partial charge in [-0.2, -0.15) is 0 Å². The summed E-state index contributed by atoms with van der Waals surface area (Å²) in [6.45, 7) is 4.30. The van der Waals surface area contributed by atoms with Crippen LogP contribution < -0.4 is 0 Å². The molecule has 5 heteroatoms. The molecule has 3 aliphatic rings. The average molecular weight is 291 g/mol. The third kappa shape index (κ3) is 2.17. The van der Waals surface area contributed by atoms with Crippen LogP contribution in [0.4, 0.5) is 0 Å². The molecule has 0 N–H and O–H groups in total. The number of fused-ring (bicyclic) bond motifs is 1. The maximum Gasteiger partial charge on any atom is 0.273 e. The molecule has 2 saturated heterocycles. The van der Waals surface area contributed by atoms with Crippen LogP contribution in [0.25, 0.3) is 0 Å². The van der Waals surface area contributed by atoms with Crippen LogP contribution in [0.15, 0.2) is 10.9 Å². The second-order valence-electron chi connectivity index (χ2n) is 6.52. The van der Waals surface area contributed by atoms with Crippen molar-refractivity contribution < 1.29 is 4.79 Å². The van der Waals surface area contributed by atoms with E-state index in [0.717, 1.165) is 19.0 Å². The van der Waals surface area contributed by atoms with Gasteiger partial charge in [-0.05, 0) is 18.8 Å². The standard InChI is InChI=1S/C15H21N3OS/c19-15(13-9-20-10-16-13)18-7-12-6-17(14(12)8-18)5-11-3-1-2-4-11/h9-12,14H,1-8H2. The highest BCUT2D eigenvalue weighted by Crippen LogP contribution is 2.36. The molecule has 20 heavy (non-hydrogen) atoms. The van der Waals surface area contributed by atoms with Crippen LogP contribution in [-0.2, 0) is 0 Å². The van der Waals surface area contributed by atoms with E-state index in [1.165, 1.54) is 50.1 Å². The first-order valence-electron chi connectivity index (χ1n) is 7.73. The van der Waals surface area contributed by atoms with Gasteiger partial charge in [-0.3, -0.25) is 9.69 Å². The Bertz CT molecular complexity index is 483. The van der Waals surface area contributed by atoms with Crippen molar-refractivity contribution in [2.75, 3.05) is 26.2 Å². The van der Waals surface area contributed by atoms with Crippen LogP contribution >= 0.6 is 11.3 Å². The summed E-state index contributed by atoms with van der Waals surface area (Å²) in [6.07, 6.45) is 5.66. The summed E-state index contributed by atoms with van der Waals surface area (Å²) < 4.78 is 0. The van der Waals surface area contributed by atoms with Crippen LogP contribution in [0.3, 0.4) is 0 Å². The minimum atomic E-state index is 0.126. The lowest BCUT2D eigenvalue weighted by atomic mass is 9.90. The zero-order chi connectivity index (χ0) is 13.5. The predicted molar refractivity (Wildman–Crippen MR) is 78.8 cm³/mol. The molecule has 1 saturated carbocycles. The minimum absolute atomic E-state index is 0.126. The number of thiazole rings is 1. The number of nitrogens with zero attached hydrogens (tertiary/aromatic N) is 3. The van der Waals surface area contributed by atoms with Gasteiger partial charge in [0.05, 0.1) is 5.51 Å². The fourth-order valence-electron chi connectivity index (χ4n) is 4.13. The van der Waals surface area contributed by atoms with Crippen molar-refractivity contribution in [2.24, 2.45) is 11.8 Å². The lowest BCUT2D eigenvalue weighted by Gasteiger charge is -2.44. The van der Waals surface area contributed by atoms with Gasteiger partial charge in [0.1, 0.15) is 5.69 Å². The lowest BCUT2D eigenvalue weighted by Crippen LogP contribution is -2.56. The van der Waals surface area contributed by atoms with E-state index < -0.39 is 0 Å². The van der Waals surface area contributed by atoms with Crippen LogP contribution in [0.5, 0.6) is 0 Å². The molecule has 108 valence electrons. The molecule has 0 spiro atoms. The van der Waals surface area contributed by atoms with Crippen molar-refractivity contribution in [2.45, 2.75) is 31.7 Å². The van der Waals surface area contributed by atoms with Crippen molar-refractivity contribution in [1.82, 2.24) is 14.8 Å². The van der Waals surface area contributed by atoms with E-state index in [0.29, 0.717) is 17.7 Å². The van der Waals surface area contributed by atoms with Crippen molar-refractivity contribution in [3.05, 3.63) is 16.6 Å². The highest BCUT2D eigenvalue weighted by atomic mass is 32.1. The van der Waals surface area contributed by atoms with Crippen molar-refractivity contribution in [1.29, 1.82) is 0 Å². The van der Waals surface area contributed by atoms with Gasteiger partial charge >= 0.3 is 0 Å². The molecule has 3 heterocycles. The Morgan fingerprint density at radius 3 is 2.90 bits per heavy atom. The zero-order valence-corrected chi connectivity index (χ0v) is 12.5. The van der Waals surface area contributed by atoms with Crippen molar-refractivity contribution in [3.63, 3.8) is 0 Å². The van der Waals surface area contributed by atoms with Crippen molar-refractivity contribution in [3.8, 4) is 0 Å². The average Bonchev–Trinajstić information content (AvgIpc) is 3.16. The maximum atomic E-state index is 12.3. The molecule has 4 nitrogen and oxygen atoms in total. The monoisotopic (exact) mass is 291 g/mol. The Balaban J connectivity index is 1.35. The molecule has 2 unspecified atom stereocenters. The van der Waals surface area contributed by atoms with Gasteiger partial charge in [-0.1, -0.05) is 12.8 Å². The molecule has 1 aromatic heterocycles. The summed E-state index contributed by atoms with van der Waals surface area (Å²) in [6, 6.07) is 0.623. The van der Waals surface area contributed by atoms with Crippen molar-refractivity contribution >= 4 is 17.2 Å². The second-order valence-corrected chi connectivity index (χ2v) is 7.23. The first-order chi connectivity index (χ1) is 9.81. The Kier molecular flexibility index (Phi) is 3.27. The quantitative estimate of drug-likeness (QED) is 0.855. The third-order valence-corrected chi connectivity index (χ3v) is 5.84. The topological polar surface area (TPSA) is 36.4 Å². The van der Waals surface area contributed by atoms with Gasteiger partial charge in [0.15, 0.2) is 0 Å². The first kappa shape index (κ1) is 12.8. The predicted octanol–water partition coefficient (Wildman–Crippen LogP) is 2.09. The number of carbonyl (C=O) groups excluding carboxylic acids is 1. The summed E-state index contributed by atoms with van der Waals surface area (Å²) >= 11 is 1.50. The highest BCUT2D eigenvalue weighted by molar-refractivity contribution is 7.07. The summed E-state index contributed by atoms with van der Waals surface area (Å²) in [4.78, 5) is 21.1. The van der Waals surface area contributed by atoms with Crippen LogP contribution in [0.1, 0.15) is 36.2 Å². The Hall–Kier alpha value is -0.940. The molecule has 2 atom stereocenters. The fraction of sp³-hybridized carbons (Fsp3) is 0.733. The first-order valence-corrected chi connectivity index (χ1v) is 8.67. The van der Waals surface area contributed by atoms with Crippen LogP contribution in [0, 0.1) is 11.8 Å². The zero-order valence-electron chi connectivity index (χ0n) is 11.7. The molecule has 3 fully saturated rings. The van der Waals surface area contributed by atoms with Gasteiger partial charge in [0, 0.05) is 43.5 Å². The number of hydrogen-bond donors (Lipinski definition) is 0. The molecule has 0 radical (unpaired) electrons. The fourth-order valence-corrected chi connectivity index (χ4v) is 4.65. The van der Waals surface area contributed by atoms with Gasteiger partial charge in [-0.25, -0.2) is 4.98 Å². The number of hydrogen-bond acceptors (Lipinski definition) is 4. The highest BCUT2D eigenvalue weighted by Gasteiger charge is 2.47. The molecule has 0 aromatic carbocycles. The van der Waals surface area contributed by atoms with E-state index in [4.69, 9.17) is 0 Å². The van der Waals surface area contributed by atoms with Gasteiger partial charge in [-0.15, -0.1) is 11.3 Å². The molecule has 1 amide bonds. The number of likely N-dealkylation sites (tertiary alicyclic amines) is 2. The molecular formula is C15H21N3OS. The second kappa shape index (κ2) is 5.11. The number of rotatable bonds is 3. The van der Waals surface area contributed by atoms with E-state index in [9.17, 15) is 4.79 Å². The molecule has 1 aromatic rings. The minimum Gasteiger partial charge on any atom is -0.335 e. The smallest absolute Gasteiger partial charge is 0.273 e. The molecule has 4 rings (SSSR count). The number of amides is 1. The Labute approximate surface area is 123 Å². The van der Waals surface area contributed by atoms with E-state index >= 15 is 0 Å². The largest absolute Gasteiger partial charge is 0.335 e. The number of carbonyl (C=O) groups is 1. The molecule has 1 aliphatic carbocycles. The lowest BCUT2D eigenvalue weighted by molar-refractivity contribution is 0.0363. The normalized spacial score (nSPS) is 30.5. The van der Waals surface area contributed by atoms with E-state index in [2.05, 4.69) is 9.88 Å². The number of aromatic nitrogens is 1. The van der Waals surface area contributed by atoms with Gasteiger partial charge in [0.25, 0.3) is 5.91 Å². The summed E-state index contributed by atoms with van der Waals surface area (Å²) in [5, 5.41) is 1.86. The molecule has 0 bridgehead atoms. The van der Waals surface area contributed by atoms with Gasteiger partial charge in [0.2, 0.25) is 0 Å². The van der Waals surface area contributed by atoms with E-state index in [-0.39, 0.29) is 5.91 Å². The summed E-state index contributed by atoms with van der Waals surface area (Å²) in [7, 11) is 0. The summed E-state index contributed by atoms with van der Waals surface area (Å²) in [5.74, 6) is 1.75. The van der Waals surface area contributed by atoms with Crippen LogP contribution in [0.2, 0.25) is 0 Å². The SMILES string of the molecule is O=C(c1cscn1)N1CC2CN(CC3CCCC3)C2C1.